The van der Waals surface area contributed by atoms with Crippen molar-refractivity contribution < 1.29 is 14.3 Å². The quantitative estimate of drug-likeness (QED) is 0.803. The highest BCUT2D eigenvalue weighted by molar-refractivity contribution is 5.74. The van der Waals surface area contributed by atoms with Crippen LogP contribution in [-0.2, 0) is 13.1 Å². The van der Waals surface area contributed by atoms with Crippen molar-refractivity contribution in [2.75, 3.05) is 27.2 Å². The average Bonchev–Trinajstić information content (AvgIpc) is 3.29. The Kier molecular flexibility index (Phi) is 5.74. The molecule has 2 amide bonds. The first-order chi connectivity index (χ1) is 10.5. The van der Waals surface area contributed by atoms with Crippen LogP contribution in [0.3, 0.4) is 0 Å². The molecular weight excluding hydrogens is 285 g/mol. The number of rotatable bonds is 7. The first-order valence-electron chi connectivity index (χ1n) is 7.58. The summed E-state index contributed by atoms with van der Waals surface area (Å²) in [6.45, 7) is 1.13. The molecule has 2 N–H and O–H groups in total. The smallest absolute Gasteiger partial charge is 0.317 e. The van der Waals surface area contributed by atoms with Crippen molar-refractivity contribution in [1.29, 1.82) is 0 Å². The first kappa shape index (κ1) is 16.7. The van der Waals surface area contributed by atoms with Gasteiger partial charge >= 0.3 is 6.03 Å². The van der Waals surface area contributed by atoms with Crippen molar-refractivity contribution in [2.45, 2.75) is 32.0 Å². The third kappa shape index (κ3) is 4.68. The molecule has 0 saturated heterocycles. The molecule has 0 bridgehead atoms. The highest BCUT2D eigenvalue weighted by Gasteiger charge is 2.31. The van der Waals surface area contributed by atoms with Crippen LogP contribution in [0.15, 0.2) is 18.2 Å². The third-order valence-corrected chi connectivity index (χ3v) is 3.64. The molecule has 2 rings (SSSR count). The van der Waals surface area contributed by atoms with Crippen LogP contribution in [0.2, 0.25) is 0 Å². The Hall–Kier alpha value is -1.66. The Morgan fingerprint density at radius 3 is 2.68 bits per heavy atom. The largest absolute Gasteiger partial charge is 0.395 e. The predicted octanol–water partition coefficient (Wildman–Crippen LogP) is 1.55. The molecule has 1 fully saturated rings. The van der Waals surface area contributed by atoms with Gasteiger partial charge in [0.05, 0.1) is 6.61 Å². The number of urea groups is 1. The summed E-state index contributed by atoms with van der Waals surface area (Å²) in [5, 5.41) is 11.8. The summed E-state index contributed by atoms with van der Waals surface area (Å²) in [4.78, 5) is 15.6. The lowest BCUT2D eigenvalue weighted by Crippen LogP contribution is -2.42. The zero-order valence-corrected chi connectivity index (χ0v) is 13.2. The van der Waals surface area contributed by atoms with Crippen LogP contribution in [0.25, 0.3) is 0 Å². The SMILES string of the molecule is CN(C)Cc1ccc(CNC(=O)N(CCO)C2CC2)cc1F. The molecule has 0 radical (unpaired) electrons. The van der Waals surface area contributed by atoms with Crippen molar-refractivity contribution >= 4 is 6.03 Å². The highest BCUT2D eigenvalue weighted by Crippen LogP contribution is 2.26. The molecule has 6 heteroatoms. The Bertz CT molecular complexity index is 518. The minimum absolute atomic E-state index is 0.0439. The molecule has 1 saturated carbocycles. The zero-order valence-electron chi connectivity index (χ0n) is 13.2. The van der Waals surface area contributed by atoms with Crippen LogP contribution in [0.1, 0.15) is 24.0 Å². The summed E-state index contributed by atoms with van der Waals surface area (Å²) in [5.41, 5.74) is 1.37. The molecule has 0 spiro atoms. The number of hydrogen-bond donors (Lipinski definition) is 2. The molecule has 1 aliphatic rings. The zero-order chi connectivity index (χ0) is 16.1. The number of nitrogens with one attached hydrogen (secondary N) is 1. The molecule has 1 aromatic rings. The van der Waals surface area contributed by atoms with E-state index in [1.165, 1.54) is 6.07 Å². The number of hydrogen-bond acceptors (Lipinski definition) is 3. The lowest BCUT2D eigenvalue weighted by molar-refractivity contribution is 0.173. The molecule has 5 nitrogen and oxygen atoms in total. The average molecular weight is 309 g/mol. The summed E-state index contributed by atoms with van der Waals surface area (Å²) >= 11 is 0. The van der Waals surface area contributed by atoms with Crippen molar-refractivity contribution in [3.63, 3.8) is 0 Å². The van der Waals surface area contributed by atoms with E-state index in [1.807, 2.05) is 25.1 Å². The van der Waals surface area contributed by atoms with Crippen LogP contribution in [0, 0.1) is 5.82 Å². The van der Waals surface area contributed by atoms with Crippen molar-refractivity contribution in [3.8, 4) is 0 Å². The van der Waals surface area contributed by atoms with Gasteiger partial charge in [0.2, 0.25) is 0 Å². The van der Waals surface area contributed by atoms with E-state index in [1.54, 1.807) is 11.0 Å². The van der Waals surface area contributed by atoms with E-state index in [0.29, 0.717) is 18.7 Å². The van der Waals surface area contributed by atoms with Gasteiger partial charge in [0.25, 0.3) is 0 Å². The van der Waals surface area contributed by atoms with Gasteiger partial charge in [-0.1, -0.05) is 12.1 Å². The summed E-state index contributed by atoms with van der Waals surface area (Å²) in [5.74, 6) is -0.255. The molecule has 122 valence electrons. The highest BCUT2D eigenvalue weighted by atomic mass is 19.1. The maximum Gasteiger partial charge on any atom is 0.317 e. The number of aliphatic hydroxyl groups is 1. The number of carbonyl (C=O) groups excluding carboxylic acids is 1. The van der Waals surface area contributed by atoms with E-state index in [-0.39, 0.29) is 31.0 Å². The molecule has 1 aliphatic carbocycles. The molecule has 0 aliphatic heterocycles. The van der Waals surface area contributed by atoms with E-state index in [9.17, 15) is 9.18 Å². The molecule has 0 aromatic heterocycles. The maximum atomic E-state index is 14.0. The van der Waals surface area contributed by atoms with Crippen LogP contribution >= 0.6 is 0 Å². The van der Waals surface area contributed by atoms with Gasteiger partial charge in [-0.05, 0) is 38.6 Å². The summed E-state index contributed by atoms with van der Waals surface area (Å²) < 4.78 is 14.0. The number of carbonyl (C=O) groups is 1. The van der Waals surface area contributed by atoms with E-state index in [2.05, 4.69) is 5.32 Å². The van der Waals surface area contributed by atoms with E-state index in [4.69, 9.17) is 5.11 Å². The minimum atomic E-state index is -0.255. The molecule has 22 heavy (non-hydrogen) atoms. The van der Waals surface area contributed by atoms with Crippen molar-refractivity contribution in [3.05, 3.63) is 35.1 Å². The Morgan fingerprint density at radius 2 is 2.14 bits per heavy atom. The fraction of sp³-hybridized carbons (Fsp3) is 0.562. The Labute approximate surface area is 130 Å². The van der Waals surface area contributed by atoms with Gasteiger partial charge in [0.15, 0.2) is 0 Å². The Morgan fingerprint density at radius 1 is 1.41 bits per heavy atom. The Balaban J connectivity index is 1.90. The van der Waals surface area contributed by atoms with Crippen LogP contribution in [0.5, 0.6) is 0 Å². The maximum absolute atomic E-state index is 14.0. The van der Waals surface area contributed by atoms with Gasteiger partial charge in [-0.15, -0.1) is 0 Å². The topological polar surface area (TPSA) is 55.8 Å². The molecule has 0 heterocycles. The second-order valence-electron chi connectivity index (χ2n) is 5.97. The van der Waals surface area contributed by atoms with Crippen LogP contribution in [-0.4, -0.2) is 54.2 Å². The number of halogens is 1. The number of amides is 2. The second-order valence-corrected chi connectivity index (χ2v) is 5.97. The standard InChI is InChI=1S/C16H24FN3O2/c1-19(2)11-13-4-3-12(9-15(13)17)10-18-16(22)20(7-8-21)14-5-6-14/h3-4,9,14,21H,5-8,10-11H2,1-2H3,(H,18,22). The van der Waals surface area contributed by atoms with Crippen molar-refractivity contribution in [2.24, 2.45) is 0 Å². The van der Waals surface area contributed by atoms with Gasteiger partial charge < -0.3 is 20.2 Å². The van der Waals surface area contributed by atoms with Gasteiger partial charge in [0, 0.05) is 31.2 Å². The van der Waals surface area contributed by atoms with Crippen LogP contribution < -0.4 is 5.32 Å². The normalized spacial score (nSPS) is 14.2. The summed E-state index contributed by atoms with van der Waals surface area (Å²) in [6, 6.07) is 5.09. The monoisotopic (exact) mass is 309 g/mol. The van der Waals surface area contributed by atoms with Gasteiger partial charge in [0.1, 0.15) is 5.82 Å². The van der Waals surface area contributed by atoms with E-state index >= 15 is 0 Å². The summed E-state index contributed by atoms with van der Waals surface area (Å²) in [6.07, 6.45) is 1.97. The fourth-order valence-electron chi connectivity index (χ4n) is 2.39. The number of nitrogens with zero attached hydrogens (tertiary/aromatic N) is 2. The lowest BCUT2D eigenvalue weighted by atomic mass is 10.1. The van der Waals surface area contributed by atoms with E-state index < -0.39 is 0 Å². The second kappa shape index (κ2) is 7.56. The number of benzene rings is 1. The van der Waals surface area contributed by atoms with Crippen molar-refractivity contribution in [1.82, 2.24) is 15.1 Å². The lowest BCUT2D eigenvalue weighted by Gasteiger charge is -2.21. The first-order valence-corrected chi connectivity index (χ1v) is 7.58. The molecule has 1 aromatic carbocycles. The predicted molar refractivity (Wildman–Crippen MR) is 82.8 cm³/mol. The van der Waals surface area contributed by atoms with E-state index in [0.717, 1.165) is 18.4 Å². The molecular formula is C16H24FN3O2. The molecule has 0 atom stereocenters. The van der Waals surface area contributed by atoms with Gasteiger partial charge in [-0.25, -0.2) is 9.18 Å². The minimum Gasteiger partial charge on any atom is -0.395 e. The van der Waals surface area contributed by atoms with Gasteiger partial charge in [-0.2, -0.15) is 0 Å². The third-order valence-electron chi connectivity index (χ3n) is 3.64. The fourth-order valence-corrected chi connectivity index (χ4v) is 2.39. The number of aliphatic hydroxyl groups excluding tert-OH is 1. The van der Waals surface area contributed by atoms with Crippen LogP contribution in [0.4, 0.5) is 9.18 Å². The van der Waals surface area contributed by atoms with Gasteiger partial charge in [-0.3, -0.25) is 0 Å². The summed E-state index contributed by atoms with van der Waals surface area (Å²) in [7, 11) is 3.78. The molecule has 0 unspecified atom stereocenters.